The molecular weight excluding hydrogens is 1760 g/mol. The van der Waals surface area contributed by atoms with Crippen molar-refractivity contribution in [3.63, 3.8) is 0 Å². The number of methoxy groups -OCH3 is 1. The van der Waals surface area contributed by atoms with E-state index in [1.54, 1.807) is 0 Å². The first kappa shape index (κ1) is 102. The SMILES string of the molecule is CC.CCCN(CCC(=O)N1Cc2ccccc2C#Cc2ccccc21)C(=O)c1ccccc1C1=c2cc3c(cc2Oc2cc4c(cc21)C(C)CC(C)(C)C4)=CC(C)(C)CC3C.CCCN(CCC(=O)N1Cc2ccccc2C#Cc2ccccc21)C(=O)c1ccccc1C1=c2cc3c(cc2Oc2cc4c(cc21)C(C)CC(C)(C)C4)=CC(C)(C)CC3C.COC=O.O=C=O.O=S(=O)=O.O=S(=O)=O. The molecule has 4 amide bonds. The number of ether oxygens (including phenoxy) is 3. The summed E-state index contributed by atoms with van der Waals surface area (Å²) in [6, 6.07) is 66.4. The maximum absolute atomic E-state index is 15.1. The van der Waals surface area contributed by atoms with Gasteiger partial charge in [-0.05, 0) is 260 Å². The summed E-state index contributed by atoms with van der Waals surface area (Å²) in [4.78, 5) is 91.7. The van der Waals surface area contributed by atoms with Gasteiger partial charge in [0.1, 0.15) is 23.0 Å². The Morgan fingerprint density at radius 1 is 0.431 bits per heavy atom. The van der Waals surface area contributed by atoms with Crippen LogP contribution in [-0.4, -0.2) is 105 Å². The number of carbonyl (C=O) groups is 5. The zero-order chi connectivity index (χ0) is 99.1. The molecule has 0 saturated heterocycles. The summed E-state index contributed by atoms with van der Waals surface area (Å²) in [7, 11) is -4.91. The molecule has 4 heterocycles. The first-order valence-corrected chi connectivity index (χ1v) is 49.2. The molecule has 4 atom stereocenters. The minimum Gasteiger partial charge on any atom is -0.471 e. The maximum atomic E-state index is 15.1. The first-order chi connectivity index (χ1) is 65.4. The fraction of sp³-hybridized carbons (Fsp3) is 0.357. The Hall–Kier alpha value is -13.6. The molecule has 4 aliphatic carbocycles. The number of anilines is 2. The summed E-state index contributed by atoms with van der Waals surface area (Å²) in [5.41, 5.74) is 23.0. The highest BCUT2D eigenvalue weighted by atomic mass is 32.2. The van der Waals surface area contributed by atoms with Crippen LogP contribution in [0.2, 0.25) is 0 Å². The van der Waals surface area contributed by atoms with Crippen LogP contribution in [0.3, 0.4) is 0 Å². The molecule has 137 heavy (non-hydrogen) atoms. The predicted octanol–water partition coefficient (Wildman–Crippen LogP) is 19.5. The normalized spacial score (nSPS) is 17.1. The van der Waals surface area contributed by atoms with E-state index in [1.807, 2.05) is 167 Å². The number of fused-ring (bicyclic) bond motifs is 12. The lowest BCUT2D eigenvalue weighted by molar-refractivity contribution is -0.191. The van der Waals surface area contributed by atoms with Gasteiger partial charge in [0.05, 0.1) is 31.6 Å². The van der Waals surface area contributed by atoms with Gasteiger partial charge < -0.3 is 33.8 Å². The van der Waals surface area contributed by atoms with Crippen LogP contribution in [0.25, 0.3) is 23.3 Å². The Morgan fingerprint density at radius 3 is 1.11 bits per heavy atom. The molecule has 0 N–H and O–H groups in total. The average molecular weight is 1880 g/mol. The molecule has 4 aliphatic heterocycles. The van der Waals surface area contributed by atoms with Crippen molar-refractivity contribution in [2.75, 3.05) is 43.1 Å². The number of rotatable bonds is 15. The molecule has 0 aromatic heterocycles. The van der Waals surface area contributed by atoms with E-state index < -0.39 is 21.2 Å². The number of amides is 4. The fourth-order valence-corrected chi connectivity index (χ4v) is 21.3. The second kappa shape index (κ2) is 44.5. The van der Waals surface area contributed by atoms with Crippen LogP contribution in [0, 0.1) is 45.3 Å². The molecule has 0 bridgehead atoms. The van der Waals surface area contributed by atoms with Gasteiger partial charge in [-0.2, -0.15) is 9.59 Å². The van der Waals surface area contributed by atoms with Crippen molar-refractivity contribution in [1.82, 2.24) is 9.80 Å². The number of hydrogen-bond acceptors (Lipinski definition) is 16. The maximum Gasteiger partial charge on any atom is 0.425 e. The van der Waals surface area contributed by atoms with Crippen molar-refractivity contribution in [3.05, 3.63) is 315 Å². The van der Waals surface area contributed by atoms with Crippen LogP contribution >= 0.6 is 0 Å². The molecule has 0 saturated carbocycles. The molecular formula is C115H122N4O16S2. The summed E-state index contributed by atoms with van der Waals surface area (Å²) in [6.45, 7) is 39.1. The highest BCUT2D eigenvalue weighted by molar-refractivity contribution is 7.59. The molecule has 0 spiro atoms. The lowest BCUT2D eigenvalue weighted by atomic mass is 9.69. The van der Waals surface area contributed by atoms with Crippen LogP contribution in [0.1, 0.15) is 296 Å². The topological polar surface area (TPSA) is 263 Å². The summed E-state index contributed by atoms with van der Waals surface area (Å²) in [5, 5.41) is 4.52. The summed E-state index contributed by atoms with van der Waals surface area (Å²) >= 11 is 0. The number of carbonyl (C=O) groups excluding carboxylic acids is 7. The van der Waals surface area contributed by atoms with Crippen molar-refractivity contribution in [1.29, 1.82) is 0 Å². The Morgan fingerprint density at radius 2 is 0.752 bits per heavy atom. The number of benzene rings is 10. The lowest BCUT2D eigenvalue weighted by Gasteiger charge is -2.37. The Balaban J connectivity index is 0.000000211. The molecule has 8 aliphatic rings. The third kappa shape index (κ3) is 24.1. The van der Waals surface area contributed by atoms with Gasteiger partial charge in [0.25, 0.3) is 18.3 Å². The Bertz CT molecular complexity index is 6630. The molecule has 20 nitrogen and oxygen atoms in total. The molecule has 10 aromatic rings. The molecule has 0 radical (unpaired) electrons. The van der Waals surface area contributed by atoms with E-state index in [-0.39, 0.29) is 64.3 Å². The molecule has 0 fully saturated rings. The van der Waals surface area contributed by atoms with Gasteiger partial charge in [0.2, 0.25) is 11.8 Å². The van der Waals surface area contributed by atoms with Crippen LogP contribution in [0.4, 0.5) is 11.4 Å². The number of para-hydroxylation sites is 2. The van der Waals surface area contributed by atoms with Gasteiger partial charge in [-0.15, -0.1) is 25.3 Å². The van der Waals surface area contributed by atoms with E-state index in [9.17, 15) is 9.59 Å². The van der Waals surface area contributed by atoms with Gasteiger partial charge in [0, 0.05) is 105 Å². The molecule has 4 unspecified atom stereocenters. The van der Waals surface area contributed by atoms with Crippen LogP contribution < -0.4 is 40.1 Å². The third-order valence-corrected chi connectivity index (χ3v) is 26.4. The van der Waals surface area contributed by atoms with Gasteiger partial charge in [-0.25, -0.2) is 0 Å². The summed E-state index contributed by atoms with van der Waals surface area (Å²) in [5.74, 6) is 17.9. The van der Waals surface area contributed by atoms with E-state index >= 15 is 9.59 Å². The van der Waals surface area contributed by atoms with E-state index in [0.29, 0.717) is 80.5 Å². The van der Waals surface area contributed by atoms with Gasteiger partial charge in [-0.1, -0.05) is 244 Å². The van der Waals surface area contributed by atoms with Crippen LogP contribution in [0.15, 0.2) is 194 Å². The van der Waals surface area contributed by atoms with Crippen LogP contribution in [-0.2, 0) is 75.9 Å². The highest BCUT2D eigenvalue weighted by Crippen LogP contribution is 2.51. The van der Waals surface area contributed by atoms with Crippen molar-refractivity contribution >= 4 is 92.1 Å². The Kier molecular flexibility index (Phi) is 33.2. The monoisotopic (exact) mass is 1880 g/mol. The summed E-state index contributed by atoms with van der Waals surface area (Å²) < 4.78 is 68.4. The van der Waals surface area contributed by atoms with Gasteiger partial charge >= 0.3 is 27.4 Å². The lowest BCUT2D eigenvalue weighted by Crippen LogP contribution is -2.38. The van der Waals surface area contributed by atoms with Crippen LogP contribution in [0.5, 0.6) is 23.0 Å². The van der Waals surface area contributed by atoms with Gasteiger partial charge in [0.15, 0.2) is 0 Å². The third-order valence-electron chi connectivity index (χ3n) is 26.4. The smallest absolute Gasteiger partial charge is 0.425 e. The number of hydrogen-bond donors (Lipinski definition) is 0. The van der Waals surface area contributed by atoms with Crippen molar-refractivity contribution < 1.29 is 73.0 Å². The first-order valence-electron chi connectivity index (χ1n) is 47.2. The minimum absolute atomic E-state index is 0.0363. The second-order valence-electron chi connectivity index (χ2n) is 39.2. The number of nitrogens with zero attached hydrogens (tertiary/aromatic N) is 4. The standard InChI is InChI=1S/2C55H56N2O3.C2H4O2.C2H6.CO2.2O3S/c2*1-8-24-56(25-23-51(58)57-34-39-17-10-9-15-37(39)21-22-38-16-11-14-20-48(38)57)53(59)43-19-13-12-18-42(43)52-46-28-44-35(2)30-54(4,5)32-40(44)26-49(46)60-50-27-41-33-55(6,7)31-36(3)45(41)29-47(50)52;1-4-2-3;1-2;2-1-3;2*1-4(2)3/h2*9-20,26-29,32,35-36H,8,23-25,30-31,33-34H2,1-7H3;2H,1H3;1-2H3;;;. The van der Waals surface area contributed by atoms with Crippen molar-refractivity contribution in [3.8, 4) is 46.7 Å². The average Bonchev–Trinajstić information content (AvgIpc) is 0.726. The molecule has 18 rings (SSSR count). The largest absolute Gasteiger partial charge is 0.471 e. The zero-order valence-electron chi connectivity index (χ0n) is 81.5. The summed E-state index contributed by atoms with van der Waals surface area (Å²) in [6.07, 6.45) is 13.3. The van der Waals surface area contributed by atoms with E-state index in [4.69, 9.17) is 49.1 Å². The fourth-order valence-electron chi connectivity index (χ4n) is 21.3. The molecule has 10 aromatic carbocycles. The van der Waals surface area contributed by atoms with E-state index in [0.717, 1.165) is 163 Å². The second-order valence-corrected chi connectivity index (χ2v) is 40.0. The van der Waals surface area contributed by atoms with E-state index in [2.05, 4.69) is 198 Å². The molecule has 710 valence electrons. The van der Waals surface area contributed by atoms with E-state index in [1.165, 1.54) is 50.9 Å². The molecule has 22 heteroatoms. The van der Waals surface area contributed by atoms with Gasteiger partial charge in [-0.3, -0.25) is 24.0 Å². The highest BCUT2D eigenvalue weighted by Gasteiger charge is 2.39. The minimum atomic E-state index is -3.11. The van der Waals surface area contributed by atoms with Crippen molar-refractivity contribution in [2.24, 2.45) is 21.7 Å². The Labute approximate surface area is 808 Å². The zero-order valence-corrected chi connectivity index (χ0v) is 83.1. The predicted molar refractivity (Wildman–Crippen MR) is 535 cm³/mol. The quantitative estimate of drug-likeness (QED) is 0.0682. The van der Waals surface area contributed by atoms with Crippen molar-refractivity contribution in [2.45, 2.75) is 212 Å².